The first-order valence-corrected chi connectivity index (χ1v) is 8.22. The van der Waals surface area contributed by atoms with Gasteiger partial charge in [-0.25, -0.2) is 0 Å². The molecule has 1 amide bonds. The van der Waals surface area contributed by atoms with Crippen molar-refractivity contribution in [1.29, 1.82) is 5.26 Å². The van der Waals surface area contributed by atoms with Gasteiger partial charge in [0.05, 0.1) is 0 Å². The van der Waals surface area contributed by atoms with Gasteiger partial charge >= 0.3 is 0 Å². The van der Waals surface area contributed by atoms with Crippen LogP contribution in [-0.2, 0) is 11.3 Å². The highest BCUT2D eigenvalue weighted by Crippen LogP contribution is 2.09. The first-order chi connectivity index (χ1) is 11.6. The number of benzene rings is 1. The minimum atomic E-state index is -0.190. The standard InChI is InChI=1S/C18H25N5O/c1-21(14-16-5-3-2-4-6-16)15-17(13-20)18(24)23-11-9-22(8-7-19)10-12-23/h2-6,15H,7-12,14,19H2,1H3/b17-15-. The quantitative estimate of drug-likeness (QED) is 0.612. The summed E-state index contributed by atoms with van der Waals surface area (Å²) in [5.41, 5.74) is 6.88. The fourth-order valence-corrected chi connectivity index (χ4v) is 2.80. The summed E-state index contributed by atoms with van der Waals surface area (Å²) in [6, 6.07) is 12.0. The number of hydrogen-bond acceptors (Lipinski definition) is 5. The number of rotatable bonds is 6. The van der Waals surface area contributed by atoms with Crippen LogP contribution in [0.15, 0.2) is 42.1 Å². The van der Waals surface area contributed by atoms with E-state index in [1.165, 1.54) is 0 Å². The predicted octanol–water partition coefficient (Wildman–Crippen LogP) is 0.629. The van der Waals surface area contributed by atoms with Crippen molar-refractivity contribution in [1.82, 2.24) is 14.7 Å². The topological polar surface area (TPSA) is 76.6 Å². The van der Waals surface area contributed by atoms with Crippen LogP contribution in [0.3, 0.4) is 0 Å². The summed E-state index contributed by atoms with van der Waals surface area (Å²) in [5.74, 6) is -0.190. The third kappa shape index (κ3) is 5.08. The molecule has 0 saturated carbocycles. The maximum absolute atomic E-state index is 12.5. The van der Waals surface area contributed by atoms with Crippen molar-refractivity contribution >= 4 is 5.91 Å². The summed E-state index contributed by atoms with van der Waals surface area (Å²) in [6.07, 6.45) is 1.64. The Hall–Kier alpha value is -2.36. The molecule has 1 aliphatic rings. The minimum Gasteiger partial charge on any atom is -0.375 e. The molecule has 6 heteroatoms. The fraction of sp³-hybridized carbons (Fsp3) is 0.444. The lowest BCUT2D eigenvalue weighted by molar-refractivity contribution is -0.128. The zero-order valence-electron chi connectivity index (χ0n) is 14.2. The highest BCUT2D eigenvalue weighted by Gasteiger charge is 2.23. The van der Waals surface area contributed by atoms with Gasteiger partial charge in [0.1, 0.15) is 11.6 Å². The molecule has 0 aromatic heterocycles. The van der Waals surface area contributed by atoms with Crippen LogP contribution in [0.25, 0.3) is 0 Å². The number of carbonyl (C=O) groups excluding carboxylic acids is 1. The van der Waals surface area contributed by atoms with Crippen molar-refractivity contribution in [2.75, 3.05) is 46.3 Å². The molecule has 6 nitrogen and oxygen atoms in total. The zero-order chi connectivity index (χ0) is 17.4. The van der Waals surface area contributed by atoms with E-state index in [-0.39, 0.29) is 11.5 Å². The van der Waals surface area contributed by atoms with Crippen LogP contribution in [0.5, 0.6) is 0 Å². The molecule has 128 valence electrons. The van der Waals surface area contributed by atoms with Gasteiger partial charge < -0.3 is 15.5 Å². The van der Waals surface area contributed by atoms with Gasteiger partial charge in [0, 0.05) is 59.1 Å². The van der Waals surface area contributed by atoms with Crippen molar-refractivity contribution in [3.8, 4) is 6.07 Å². The molecule has 0 spiro atoms. The van der Waals surface area contributed by atoms with Crippen molar-refractivity contribution in [3.63, 3.8) is 0 Å². The summed E-state index contributed by atoms with van der Waals surface area (Å²) < 4.78 is 0. The molecule has 1 aliphatic heterocycles. The molecule has 2 rings (SSSR count). The molecular formula is C18H25N5O. The van der Waals surface area contributed by atoms with Gasteiger partial charge in [0.15, 0.2) is 0 Å². The molecule has 0 bridgehead atoms. The lowest BCUT2D eigenvalue weighted by atomic mass is 10.2. The molecular weight excluding hydrogens is 302 g/mol. The molecule has 0 unspecified atom stereocenters. The largest absolute Gasteiger partial charge is 0.375 e. The number of carbonyl (C=O) groups is 1. The van der Waals surface area contributed by atoms with E-state index in [2.05, 4.69) is 4.90 Å². The summed E-state index contributed by atoms with van der Waals surface area (Å²) in [7, 11) is 1.87. The summed E-state index contributed by atoms with van der Waals surface area (Å²) in [6.45, 7) is 5.03. The van der Waals surface area contributed by atoms with Crippen LogP contribution in [-0.4, -0.2) is 66.9 Å². The highest BCUT2D eigenvalue weighted by molar-refractivity contribution is 5.97. The number of amides is 1. The zero-order valence-corrected chi connectivity index (χ0v) is 14.2. The normalized spacial score (nSPS) is 15.9. The average molecular weight is 327 g/mol. The molecule has 1 aromatic carbocycles. The first kappa shape index (κ1) is 18.0. The fourth-order valence-electron chi connectivity index (χ4n) is 2.80. The van der Waals surface area contributed by atoms with Gasteiger partial charge in [-0.05, 0) is 5.56 Å². The van der Waals surface area contributed by atoms with Crippen molar-refractivity contribution in [3.05, 3.63) is 47.7 Å². The average Bonchev–Trinajstić information content (AvgIpc) is 2.61. The van der Waals surface area contributed by atoms with Crippen molar-refractivity contribution in [2.24, 2.45) is 5.73 Å². The van der Waals surface area contributed by atoms with Crippen molar-refractivity contribution < 1.29 is 4.79 Å². The van der Waals surface area contributed by atoms with Crippen LogP contribution in [0.4, 0.5) is 0 Å². The lowest BCUT2D eigenvalue weighted by Gasteiger charge is -2.34. The Kier molecular flexibility index (Phi) is 6.79. The second-order valence-electron chi connectivity index (χ2n) is 5.98. The number of piperazine rings is 1. The van der Waals surface area contributed by atoms with E-state index in [4.69, 9.17) is 5.73 Å². The summed E-state index contributed by atoms with van der Waals surface area (Å²) in [4.78, 5) is 18.4. The van der Waals surface area contributed by atoms with Gasteiger partial charge in [0.25, 0.3) is 5.91 Å². The van der Waals surface area contributed by atoms with Gasteiger partial charge in [0.2, 0.25) is 0 Å². The number of nitriles is 1. The van der Waals surface area contributed by atoms with E-state index < -0.39 is 0 Å². The van der Waals surface area contributed by atoms with Crippen LogP contribution in [0, 0.1) is 11.3 Å². The van der Waals surface area contributed by atoms with Crippen LogP contribution in [0.1, 0.15) is 5.56 Å². The van der Waals surface area contributed by atoms with E-state index in [9.17, 15) is 10.1 Å². The molecule has 2 N–H and O–H groups in total. The Labute approximate surface area is 143 Å². The number of hydrogen-bond donors (Lipinski definition) is 1. The van der Waals surface area contributed by atoms with Gasteiger partial charge in [-0.2, -0.15) is 5.26 Å². The lowest BCUT2D eigenvalue weighted by Crippen LogP contribution is -2.50. The second kappa shape index (κ2) is 9.06. The van der Waals surface area contributed by atoms with Crippen LogP contribution in [0.2, 0.25) is 0 Å². The second-order valence-corrected chi connectivity index (χ2v) is 5.98. The summed E-state index contributed by atoms with van der Waals surface area (Å²) in [5, 5.41) is 9.36. The molecule has 0 aliphatic carbocycles. The third-order valence-corrected chi connectivity index (χ3v) is 4.08. The molecule has 0 atom stereocenters. The van der Waals surface area contributed by atoms with E-state index in [0.29, 0.717) is 26.2 Å². The van der Waals surface area contributed by atoms with Gasteiger partial charge in [-0.1, -0.05) is 30.3 Å². The van der Waals surface area contributed by atoms with Crippen LogP contribution >= 0.6 is 0 Å². The summed E-state index contributed by atoms with van der Waals surface area (Å²) >= 11 is 0. The molecule has 1 saturated heterocycles. The molecule has 1 aromatic rings. The van der Waals surface area contributed by atoms with E-state index >= 15 is 0 Å². The minimum absolute atomic E-state index is 0.181. The molecule has 0 radical (unpaired) electrons. The van der Waals surface area contributed by atoms with E-state index in [1.807, 2.05) is 48.3 Å². The molecule has 1 heterocycles. The van der Waals surface area contributed by atoms with E-state index in [0.717, 1.165) is 25.2 Å². The Morgan fingerprint density at radius 2 is 1.96 bits per heavy atom. The molecule has 24 heavy (non-hydrogen) atoms. The van der Waals surface area contributed by atoms with E-state index in [1.54, 1.807) is 11.1 Å². The maximum Gasteiger partial charge on any atom is 0.266 e. The van der Waals surface area contributed by atoms with Gasteiger partial charge in [-0.3, -0.25) is 9.69 Å². The Morgan fingerprint density at radius 3 is 2.54 bits per heavy atom. The van der Waals surface area contributed by atoms with Crippen LogP contribution < -0.4 is 5.73 Å². The Balaban J connectivity index is 1.95. The van der Waals surface area contributed by atoms with Crippen molar-refractivity contribution in [2.45, 2.75) is 6.54 Å². The monoisotopic (exact) mass is 327 g/mol. The smallest absolute Gasteiger partial charge is 0.266 e. The Morgan fingerprint density at radius 1 is 1.29 bits per heavy atom. The molecule has 1 fully saturated rings. The maximum atomic E-state index is 12.5. The number of nitrogens with zero attached hydrogens (tertiary/aromatic N) is 4. The third-order valence-electron chi connectivity index (χ3n) is 4.08. The van der Waals surface area contributed by atoms with Gasteiger partial charge in [-0.15, -0.1) is 0 Å². The first-order valence-electron chi connectivity index (χ1n) is 8.22. The SMILES string of the molecule is CN(/C=C(/C#N)C(=O)N1CCN(CCN)CC1)Cc1ccccc1. The number of nitrogens with two attached hydrogens (primary N) is 1. The Bertz CT molecular complexity index is 600. The highest BCUT2D eigenvalue weighted by atomic mass is 16.2. The predicted molar refractivity (Wildman–Crippen MR) is 93.7 cm³/mol.